The zero-order valence-corrected chi connectivity index (χ0v) is 16.6. The van der Waals surface area contributed by atoms with Gasteiger partial charge in [-0.15, -0.1) is 6.42 Å². The first-order valence-electron chi connectivity index (χ1n) is 8.30. The monoisotopic (exact) mass is 348 g/mol. The molecular weight excluding hydrogens is 320 g/mol. The number of rotatable bonds is 3. The Labute approximate surface area is 149 Å². The number of carbonyl (C=O) groups is 1. The number of carbonyl (C=O) groups excluding carboxylic acids is 1. The number of hydrogen-bond donors (Lipinski definition) is 0. The highest BCUT2D eigenvalue weighted by molar-refractivity contribution is 7.10. The van der Waals surface area contributed by atoms with Crippen LogP contribution < -0.4 is 4.90 Å². The van der Waals surface area contributed by atoms with E-state index < -0.39 is 5.54 Å². The van der Waals surface area contributed by atoms with Gasteiger partial charge in [0, 0.05) is 11.1 Å². The maximum absolute atomic E-state index is 13.1. The molecule has 0 saturated carbocycles. The minimum atomic E-state index is -0.436. The third kappa shape index (κ3) is 3.28. The van der Waals surface area contributed by atoms with Gasteiger partial charge in [0.25, 0.3) is 0 Å². The summed E-state index contributed by atoms with van der Waals surface area (Å²) in [7, 11) is 0. The van der Waals surface area contributed by atoms with Gasteiger partial charge in [-0.2, -0.15) is 4.37 Å². The first kappa shape index (κ1) is 18.8. The number of aromatic nitrogens is 1. The molecule has 1 aliphatic heterocycles. The smallest absolute Gasteiger partial charge is 0.306 e. The van der Waals surface area contributed by atoms with Crippen molar-refractivity contribution in [2.75, 3.05) is 18.2 Å². The van der Waals surface area contributed by atoms with Crippen LogP contribution in [-0.4, -0.2) is 44.6 Å². The van der Waals surface area contributed by atoms with Crippen LogP contribution in [0.5, 0.6) is 0 Å². The van der Waals surface area contributed by atoms with E-state index in [0.717, 1.165) is 22.7 Å². The standard InChI is InChI=1S/C18H28N4OS/c1-9-14-13(3)15(24-19-14)21-11-20(18(7,8)10-2)12-22(16(21)23)17(4,5)6/h2H,9,11-12H2,1,3-8H3. The molecule has 0 N–H and O–H groups in total. The normalized spacial score (nSPS) is 17.3. The maximum atomic E-state index is 13.1. The van der Waals surface area contributed by atoms with E-state index in [-0.39, 0.29) is 11.6 Å². The average molecular weight is 349 g/mol. The van der Waals surface area contributed by atoms with E-state index in [1.165, 1.54) is 11.5 Å². The van der Waals surface area contributed by atoms with Crippen LogP contribution in [0.3, 0.4) is 0 Å². The molecule has 132 valence electrons. The molecule has 0 atom stereocenters. The minimum absolute atomic E-state index is 0.0148. The second-order valence-corrected chi connectivity index (χ2v) is 8.50. The van der Waals surface area contributed by atoms with E-state index in [0.29, 0.717) is 13.3 Å². The Hall–Kier alpha value is -1.58. The van der Waals surface area contributed by atoms with E-state index in [1.54, 1.807) is 0 Å². The second kappa shape index (κ2) is 6.38. The van der Waals surface area contributed by atoms with Crippen LogP contribution in [0.4, 0.5) is 9.80 Å². The Bertz CT molecular complexity index is 666. The summed E-state index contributed by atoms with van der Waals surface area (Å²) in [6.45, 7) is 15.3. The SMILES string of the molecule is C#CC(C)(C)N1CN(c2snc(CC)c2C)C(=O)N(C(C)(C)C)C1. The Morgan fingerprint density at radius 1 is 1.25 bits per heavy atom. The van der Waals surface area contributed by atoms with Crippen molar-refractivity contribution >= 4 is 22.6 Å². The molecule has 0 radical (unpaired) electrons. The van der Waals surface area contributed by atoms with Crippen LogP contribution in [0.1, 0.15) is 52.8 Å². The van der Waals surface area contributed by atoms with Gasteiger partial charge >= 0.3 is 6.03 Å². The molecule has 5 nitrogen and oxygen atoms in total. The summed E-state index contributed by atoms with van der Waals surface area (Å²) >= 11 is 1.39. The summed E-state index contributed by atoms with van der Waals surface area (Å²) in [4.78, 5) is 19.0. The van der Waals surface area contributed by atoms with Crippen LogP contribution >= 0.6 is 11.5 Å². The minimum Gasteiger partial charge on any atom is -0.306 e. The molecule has 2 rings (SSSR count). The largest absolute Gasteiger partial charge is 0.327 e. The van der Waals surface area contributed by atoms with Crippen molar-refractivity contribution in [1.82, 2.24) is 14.2 Å². The molecule has 1 fully saturated rings. The Kier molecular flexibility index (Phi) is 4.98. The molecule has 1 saturated heterocycles. The van der Waals surface area contributed by atoms with Gasteiger partial charge in [-0.1, -0.05) is 12.8 Å². The Morgan fingerprint density at radius 3 is 2.33 bits per heavy atom. The molecule has 1 aromatic heterocycles. The molecule has 0 aromatic carbocycles. The molecule has 1 aromatic rings. The molecule has 0 aliphatic carbocycles. The summed E-state index contributed by atoms with van der Waals surface area (Å²) in [5.74, 6) is 2.85. The van der Waals surface area contributed by atoms with E-state index in [4.69, 9.17) is 6.42 Å². The molecular formula is C18H28N4OS. The second-order valence-electron chi connectivity index (χ2n) is 7.75. The quantitative estimate of drug-likeness (QED) is 0.782. The lowest BCUT2D eigenvalue weighted by molar-refractivity contribution is 0.0298. The maximum Gasteiger partial charge on any atom is 0.327 e. The summed E-state index contributed by atoms with van der Waals surface area (Å²) in [5, 5.41) is 0.920. The lowest BCUT2D eigenvalue weighted by atomic mass is 10.0. The lowest BCUT2D eigenvalue weighted by Gasteiger charge is -2.50. The number of urea groups is 1. The van der Waals surface area contributed by atoms with Crippen LogP contribution in [0.25, 0.3) is 0 Å². The molecule has 0 bridgehead atoms. The number of nitrogens with zero attached hydrogens (tertiary/aromatic N) is 4. The Balaban J connectivity index is 2.47. The van der Waals surface area contributed by atoms with Crippen molar-refractivity contribution in [3.63, 3.8) is 0 Å². The van der Waals surface area contributed by atoms with Crippen LogP contribution in [0, 0.1) is 19.3 Å². The van der Waals surface area contributed by atoms with E-state index in [1.807, 2.05) is 51.3 Å². The molecule has 0 unspecified atom stereocenters. The first-order chi connectivity index (χ1) is 11.0. The zero-order valence-electron chi connectivity index (χ0n) is 15.8. The summed E-state index contributed by atoms with van der Waals surface area (Å²) in [5.41, 5.74) is 1.42. The first-order valence-corrected chi connectivity index (χ1v) is 9.07. The topological polar surface area (TPSA) is 39.7 Å². The Morgan fingerprint density at radius 2 is 1.88 bits per heavy atom. The molecule has 0 spiro atoms. The molecule has 6 heteroatoms. The highest BCUT2D eigenvalue weighted by atomic mass is 32.1. The van der Waals surface area contributed by atoms with Crippen LogP contribution in [0.2, 0.25) is 0 Å². The number of aryl methyl sites for hydroxylation is 1. The molecule has 2 amide bonds. The van der Waals surface area contributed by atoms with E-state index in [9.17, 15) is 4.79 Å². The van der Waals surface area contributed by atoms with Crippen LogP contribution in [0.15, 0.2) is 0 Å². The third-order valence-corrected chi connectivity index (χ3v) is 5.63. The highest BCUT2D eigenvalue weighted by Crippen LogP contribution is 2.34. The van der Waals surface area contributed by atoms with E-state index >= 15 is 0 Å². The fourth-order valence-corrected chi connectivity index (χ4v) is 3.64. The van der Waals surface area contributed by atoms with Gasteiger partial charge in [0.05, 0.1) is 24.6 Å². The van der Waals surface area contributed by atoms with Gasteiger partial charge in [0.2, 0.25) is 0 Å². The van der Waals surface area contributed by atoms with Gasteiger partial charge in [0.1, 0.15) is 5.00 Å². The lowest BCUT2D eigenvalue weighted by Crippen LogP contribution is -2.66. The fourth-order valence-electron chi connectivity index (χ4n) is 2.69. The number of terminal acetylenes is 1. The third-order valence-electron chi connectivity index (χ3n) is 4.62. The molecule has 1 aliphatic rings. The van der Waals surface area contributed by atoms with E-state index in [2.05, 4.69) is 22.1 Å². The average Bonchev–Trinajstić information content (AvgIpc) is 2.86. The van der Waals surface area contributed by atoms with Crippen molar-refractivity contribution in [2.45, 2.75) is 66.0 Å². The molecule has 2 heterocycles. The van der Waals surface area contributed by atoms with Crippen molar-refractivity contribution in [3.05, 3.63) is 11.3 Å². The summed E-state index contributed by atoms with van der Waals surface area (Å²) < 4.78 is 4.51. The van der Waals surface area contributed by atoms with Crippen molar-refractivity contribution < 1.29 is 4.79 Å². The van der Waals surface area contributed by atoms with Crippen molar-refractivity contribution in [1.29, 1.82) is 0 Å². The van der Waals surface area contributed by atoms with Gasteiger partial charge < -0.3 is 4.90 Å². The molecule has 24 heavy (non-hydrogen) atoms. The van der Waals surface area contributed by atoms with Gasteiger partial charge in [-0.05, 0) is 59.5 Å². The summed E-state index contributed by atoms with van der Waals surface area (Å²) in [6, 6.07) is 0.0148. The number of amides is 2. The van der Waals surface area contributed by atoms with Crippen LogP contribution in [-0.2, 0) is 6.42 Å². The highest BCUT2D eigenvalue weighted by Gasteiger charge is 2.42. The van der Waals surface area contributed by atoms with Crippen molar-refractivity contribution in [3.8, 4) is 12.3 Å². The number of anilines is 1. The zero-order chi connectivity index (χ0) is 18.3. The van der Waals surface area contributed by atoms with Gasteiger partial charge in [0.15, 0.2) is 0 Å². The van der Waals surface area contributed by atoms with Crippen molar-refractivity contribution in [2.24, 2.45) is 0 Å². The van der Waals surface area contributed by atoms with Gasteiger partial charge in [-0.3, -0.25) is 9.80 Å². The predicted octanol–water partition coefficient (Wildman–Crippen LogP) is 3.68. The number of hydrogen-bond acceptors (Lipinski definition) is 4. The van der Waals surface area contributed by atoms with Gasteiger partial charge in [-0.25, -0.2) is 4.79 Å². The fraction of sp³-hybridized carbons (Fsp3) is 0.667. The predicted molar refractivity (Wildman–Crippen MR) is 100 cm³/mol. The summed E-state index contributed by atoms with van der Waals surface area (Å²) in [6.07, 6.45) is 6.61.